The molecule has 0 saturated heterocycles. The standard InChI is InChI=1S/C25H28N2O8/c1-3-4-15-34-25(32)18-7-11-20(12-8-18)27-22(29)16-35-23(30)14-13-21(28)26-19-9-5-17(6-10-19)24(31)33-2/h5-12H,3-4,13-16H2,1-2H3,(H,26,28)(H,27,29). The highest BCUT2D eigenvalue weighted by molar-refractivity contribution is 5.96. The lowest BCUT2D eigenvalue weighted by Crippen LogP contribution is -2.21. The molecule has 0 aliphatic rings. The third-order valence-corrected chi connectivity index (χ3v) is 4.65. The molecule has 2 amide bonds. The number of carbonyl (C=O) groups is 5. The Labute approximate surface area is 202 Å². The molecule has 10 nitrogen and oxygen atoms in total. The van der Waals surface area contributed by atoms with Gasteiger partial charge in [-0.25, -0.2) is 9.59 Å². The van der Waals surface area contributed by atoms with E-state index in [2.05, 4.69) is 15.4 Å². The molecule has 0 atom stereocenters. The first-order valence-corrected chi connectivity index (χ1v) is 11.0. The highest BCUT2D eigenvalue weighted by atomic mass is 16.5. The second kappa shape index (κ2) is 14.1. The largest absolute Gasteiger partial charge is 0.465 e. The molecule has 2 N–H and O–H groups in total. The van der Waals surface area contributed by atoms with Crippen molar-refractivity contribution in [1.82, 2.24) is 0 Å². The number of benzene rings is 2. The van der Waals surface area contributed by atoms with Gasteiger partial charge >= 0.3 is 17.9 Å². The number of rotatable bonds is 12. The van der Waals surface area contributed by atoms with Gasteiger partial charge in [0.2, 0.25) is 5.91 Å². The molecule has 2 rings (SSSR count). The van der Waals surface area contributed by atoms with Crippen molar-refractivity contribution in [3.8, 4) is 0 Å². The van der Waals surface area contributed by atoms with E-state index in [9.17, 15) is 24.0 Å². The van der Waals surface area contributed by atoms with Crippen LogP contribution in [0.2, 0.25) is 0 Å². The third kappa shape index (κ3) is 9.66. The Morgan fingerprint density at radius 2 is 1.26 bits per heavy atom. The molecule has 2 aromatic carbocycles. The molecule has 0 bridgehead atoms. The highest BCUT2D eigenvalue weighted by Crippen LogP contribution is 2.12. The van der Waals surface area contributed by atoms with Gasteiger partial charge in [-0.2, -0.15) is 0 Å². The van der Waals surface area contributed by atoms with Gasteiger partial charge in [0, 0.05) is 17.8 Å². The van der Waals surface area contributed by atoms with Crippen molar-refractivity contribution in [3.05, 3.63) is 59.7 Å². The molecule has 0 aromatic heterocycles. The molecule has 0 radical (unpaired) electrons. The second-order valence-electron chi connectivity index (χ2n) is 7.39. The van der Waals surface area contributed by atoms with Gasteiger partial charge in [-0.05, 0) is 55.0 Å². The van der Waals surface area contributed by atoms with Crippen molar-refractivity contribution in [2.24, 2.45) is 0 Å². The van der Waals surface area contributed by atoms with E-state index in [0.717, 1.165) is 12.8 Å². The van der Waals surface area contributed by atoms with Crippen molar-refractivity contribution in [1.29, 1.82) is 0 Å². The Morgan fingerprint density at radius 1 is 0.714 bits per heavy atom. The van der Waals surface area contributed by atoms with Crippen LogP contribution in [0.1, 0.15) is 53.3 Å². The molecule has 0 heterocycles. The van der Waals surface area contributed by atoms with Crippen LogP contribution in [0.3, 0.4) is 0 Å². The molecule has 2 aromatic rings. The summed E-state index contributed by atoms with van der Waals surface area (Å²) in [5.41, 5.74) is 1.58. The Kier molecular flexibility index (Phi) is 10.9. The molecule has 0 aliphatic carbocycles. The predicted molar refractivity (Wildman–Crippen MR) is 127 cm³/mol. The van der Waals surface area contributed by atoms with Crippen LogP contribution in [0.15, 0.2) is 48.5 Å². The fraction of sp³-hybridized carbons (Fsp3) is 0.320. The minimum Gasteiger partial charge on any atom is -0.465 e. The molecule has 0 aliphatic heterocycles. The number of anilines is 2. The summed E-state index contributed by atoms with van der Waals surface area (Å²) in [5.74, 6) is -2.62. The molecule has 35 heavy (non-hydrogen) atoms. The van der Waals surface area contributed by atoms with E-state index in [1.165, 1.54) is 55.6 Å². The van der Waals surface area contributed by atoms with Crippen LogP contribution >= 0.6 is 0 Å². The van der Waals surface area contributed by atoms with Gasteiger partial charge < -0.3 is 24.8 Å². The molecule has 186 valence electrons. The summed E-state index contributed by atoms with van der Waals surface area (Å²) in [6.07, 6.45) is 1.35. The van der Waals surface area contributed by atoms with Crippen molar-refractivity contribution < 1.29 is 38.2 Å². The van der Waals surface area contributed by atoms with Crippen LogP contribution in [0.5, 0.6) is 0 Å². The fourth-order valence-corrected chi connectivity index (χ4v) is 2.74. The van der Waals surface area contributed by atoms with E-state index in [1.807, 2.05) is 6.92 Å². The van der Waals surface area contributed by atoms with Crippen LogP contribution in [-0.2, 0) is 28.6 Å². The van der Waals surface area contributed by atoms with E-state index in [0.29, 0.717) is 29.1 Å². The number of methoxy groups -OCH3 is 1. The number of hydrogen-bond donors (Lipinski definition) is 2. The van der Waals surface area contributed by atoms with Gasteiger partial charge in [-0.15, -0.1) is 0 Å². The smallest absolute Gasteiger partial charge is 0.338 e. The maximum Gasteiger partial charge on any atom is 0.338 e. The van der Waals surface area contributed by atoms with E-state index < -0.39 is 36.3 Å². The van der Waals surface area contributed by atoms with Crippen LogP contribution in [0, 0.1) is 0 Å². The van der Waals surface area contributed by atoms with Crippen LogP contribution < -0.4 is 10.6 Å². The Hall–Kier alpha value is -4.21. The summed E-state index contributed by atoms with van der Waals surface area (Å²) in [6, 6.07) is 12.2. The van der Waals surface area contributed by atoms with Crippen molar-refractivity contribution in [2.75, 3.05) is 31.0 Å². The second-order valence-corrected chi connectivity index (χ2v) is 7.39. The molecule has 10 heteroatoms. The zero-order chi connectivity index (χ0) is 25.6. The average molecular weight is 485 g/mol. The van der Waals surface area contributed by atoms with E-state index in [4.69, 9.17) is 9.47 Å². The average Bonchev–Trinajstić information content (AvgIpc) is 2.86. The first-order chi connectivity index (χ1) is 16.8. The summed E-state index contributed by atoms with van der Waals surface area (Å²) in [6.45, 7) is 1.83. The van der Waals surface area contributed by atoms with Gasteiger partial charge in [0.15, 0.2) is 6.61 Å². The van der Waals surface area contributed by atoms with Gasteiger partial charge in [0.1, 0.15) is 0 Å². The van der Waals surface area contributed by atoms with Gasteiger partial charge in [0.05, 0.1) is 31.3 Å². The Bertz CT molecular complexity index is 1030. The number of nitrogens with one attached hydrogen (secondary N) is 2. The zero-order valence-electron chi connectivity index (χ0n) is 19.6. The van der Waals surface area contributed by atoms with Crippen LogP contribution in [-0.4, -0.2) is 50.0 Å². The normalized spacial score (nSPS) is 10.1. The molecule has 0 unspecified atom stereocenters. The monoisotopic (exact) mass is 484 g/mol. The molecule has 0 saturated carbocycles. The summed E-state index contributed by atoms with van der Waals surface area (Å²) >= 11 is 0. The van der Waals surface area contributed by atoms with Crippen LogP contribution in [0.25, 0.3) is 0 Å². The SMILES string of the molecule is CCCCOC(=O)c1ccc(NC(=O)COC(=O)CCC(=O)Nc2ccc(C(=O)OC)cc2)cc1. The molecular formula is C25H28N2O8. The lowest BCUT2D eigenvalue weighted by atomic mass is 10.2. The third-order valence-electron chi connectivity index (χ3n) is 4.65. The van der Waals surface area contributed by atoms with Crippen molar-refractivity contribution in [2.45, 2.75) is 32.6 Å². The topological polar surface area (TPSA) is 137 Å². The summed E-state index contributed by atoms with van der Waals surface area (Å²) in [4.78, 5) is 59.1. The van der Waals surface area contributed by atoms with Gasteiger partial charge in [-0.1, -0.05) is 13.3 Å². The van der Waals surface area contributed by atoms with Crippen LogP contribution in [0.4, 0.5) is 11.4 Å². The lowest BCUT2D eigenvalue weighted by molar-refractivity contribution is -0.147. The number of unbranched alkanes of at least 4 members (excludes halogenated alkanes) is 1. The Balaban J connectivity index is 1.68. The molecular weight excluding hydrogens is 456 g/mol. The van der Waals surface area contributed by atoms with Crippen molar-refractivity contribution >= 4 is 41.1 Å². The fourth-order valence-electron chi connectivity index (χ4n) is 2.74. The lowest BCUT2D eigenvalue weighted by Gasteiger charge is -2.08. The first-order valence-electron chi connectivity index (χ1n) is 11.0. The maximum atomic E-state index is 12.0. The number of ether oxygens (including phenoxy) is 3. The zero-order valence-corrected chi connectivity index (χ0v) is 19.6. The minimum absolute atomic E-state index is 0.144. The number of hydrogen-bond acceptors (Lipinski definition) is 8. The van der Waals surface area contributed by atoms with Gasteiger partial charge in [-0.3, -0.25) is 14.4 Å². The predicted octanol–water partition coefficient (Wildman–Crippen LogP) is 3.33. The molecule has 0 spiro atoms. The quantitative estimate of drug-likeness (QED) is 0.266. The maximum absolute atomic E-state index is 12.0. The minimum atomic E-state index is -0.707. The molecule has 0 fully saturated rings. The van der Waals surface area contributed by atoms with E-state index in [-0.39, 0.29) is 12.8 Å². The highest BCUT2D eigenvalue weighted by Gasteiger charge is 2.12. The Morgan fingerprint density at radius 3 is 1.80 bits per heavy atom. The first kappa shape index (κ1) is 27.0. The van der Waals surface area contributed by atoms with Gasteiger partial charge in [0.25, 0.3) is 5.91 Å². The number of amides is 2. The summed E-state index contributed by atoms with van der Waals surface area (Å²) in [5, 5.41) is 5.14. The van der Waals surface area contributed by atoms with Crippen molar-refractivity contribution in [3.63, 3.8) is 0 Å². The van der Waals surface area contributed by atoms with E-state index >= 15 is 0 Å². The summed E-state index contributed by atoms with van der Waals surface area (Å²) < 4.78 is 14.6. The number of esters is 3. The number of carbonyl (C=O) groups excluding carboxylic acids is 5. The van der Waals surface area contributed by atoms with E-state index in [1.54, 1.807) is 0 Å². The summed E-state index contributed by atoms with van der Waals surface area (Å²) in [7, 11) is 1.27.